The van der Waals surface area contributed by atoms with Gasteiger partial charge in [0.15, 0.2) is 5.82 Å². The number of aromatic nitrogens is 2. The average Bonchev–Trinajstić information content (AvgIpc) is 2.76. The van der Waals surface area contributed by atoms with Crippen LogP contribution in [0.5, 0.6) is 0 Å². The van der Waals surface area contributed by atoms with Crippen LogP contribution in [0.3, 0.4) is 0 Å². The number of nitrogens with zero attached hydrogens (tertiary/aromatic N) is 3. The molecule has 1 saturated heterocycles. The van der Waals surface area contributed by atoms with E-state index in [0.717, 1.165) is 37.4 Å². The standard InChI is InChI=1S/C14H21N3O2/c1-10(2)7-12-3-4-13(16-15-12)17-6-5-11(9-17)8-14(18)19/h3-4,10-11H,5-9H2,1-2H3,(H,18,19). The van der Waals surface area contributed by atoms with Crippen LogP contribution in [0.1, 0.15) is 32.4 Å². The van der Waals surface area contributed by atoms with Crippen molar-refractivity contribution in [3.8, 4) is 0 Å². The molecule has 1 unspecified atom stereocenters. The molecule has 1 N–H and O–H groups in total. The lowest BCUT2D eigenvalue weighted by molar-refractivity contribution is -0.137. The molecule has 104 valence electrons. The SMILES string of the molecule is CC(C)Cc1ccc(N2CCC(CC(=O)O)C2)nn1. The van der Waals surface area contributed by atoms with Gasteiger partial charge in [-0.3, -0.25) is 4.79 Å². The molecule has 1 aliphatic heterocycles. The van der Waals surface area contributed by atoms with Crippen molar-refractivity contribution in [1.29, 1.82) is 0 Å². The van der Waals surface area contributed by atoms with Crippen LogP contribution in [0.4, 0.5) is 5.82 Å². The summed E-state index contributed by atoms with van der Waals surface area (Å²) >= 11 is 0. The molecule has 0 saturated carbocycles. The quantitative estimate of drug-likeness (QED) is 0.879. The van der Waals surface area contributed by atoms with Gasteiger partial charge in [0.25, 0.3) is 0 Å². The molecule has 0 bridgehead atoms. The van der Waals surface area contributed by atoms with Crippen LogP contribution in [0.15, 0.2) is 12.1 Å². The molecule has 0 amide bonds. The normalized spacial score (nSPS) is 19.1. The third kappa shape index (κ3) is 3.91. The zero-order valence-corrected chi connectivity index (χ0v) is 11.5. The Hall–Kier alpha value is -1.65. The Morgan fingerprint density at radius 2 is 2.26 bits per heavy atom. The van der Waals surface area contributed by atoms with E-state index in [4.69, 9.17) is 5.11 Å². The molecule has 2 rings (SSSR count). The Balaban J connectivity index is 1.94. The number of hydrogen-bond donors (Lipinski definition) is 1. The van der Waals surface area contributed by atoms with Crippen molar-refractivity contribution in [2.45, 2.75) is 33.1 Å². The number of rotatable bonds is 5. The Bertz CT molecular complexity index is 431. The summed E-state index contributed by atoms with van der Waals surface area (Å²) in [6, 6.07) is 4.01. The zero-order chi connectivity index (χ0) is 13.8. The summed E-state index contributed by atoms with van der Waals surface area (Å²) in [5.74, 6) is 0.951. The van der Waals surface area contributed by atoms with E-state index in [9.17, 15) is 4.79 Å². The summed E-state index contributed by atoms with van der Waals surface area (Å²) in [4.78, 5) is 12.8. The Morgan fingerprint density at radius 3 is 2.84 bits per heavy atom. The second-order valence-electron chi connectivity index (χ2n) is 5.68. The van der Waals surface area contributed by atoms with Crippen LogP contribution >= 0.6 is 0 Å². The summed E-state index contributed by atoms with van der Waals surface area (Å²) in [6.45, 7) is 5.96. The first-order valence-corrected chi connectivity index (χ1v) is 6.84. The molecular formula is C14H21N3O2. The molecule has 1 aromatic heterocycles. The van der Waals surface area contributed by atoms with E-state index in [1.165, 1.54) is 0 Å². The summed E-state index contributed by atoms with van der Waals surface area (Å²) in [5.41, 5.74) is 1.01. The summed E-state index contributed by atoms with van der Waals surface area (Å²) in [6.07, 6.45) is 2.10. The Morgan fingerprint density at radius 1 is 1.47 bits per heavy atom. The van der Waals surface area contributed by atoms with E-state index in [-0.39, 0.29) is 12.3 Å². The van der Waals surface area contributed by atoms with Gasteiger partial charge in [-0.25, -0.2) is 0 Å². The largest absolute Gasteiger partial charge is 0.481 e. The highest BCUT2D eigenvalue weighted by Gasteiger charge is 2.25. The van der Waals surface area contributed by atoms with E-state index in [1.807, 2.05) is 12.1 Å². The van der Waals surface area contributed by atoms with Crippen LogP contribution < -0.4 is 4.90 Å². The van der Waals surface area contributed by atoms with Gasteiger partial charge in [0.1, 0.15) is 0 Å². The second kappa shape index (κ2) is 5.99. The smallest absolute Gasteiger partial charge is 0.303 e. The fourth-order valence-electron chi connectivity index (χ4n) is 2.50. The number of anilines is 1. The highest BCUT2D eigenvalue weighted by atomic mass is 16.4. The predicted octanol–water partition coefficient (Wildman–Crippen LogP) is 1.98. The van der Waals surface area contributed by atoms with Gasteiger partial charge in [0.2, 0.25) is 0 Å². The van der Waals surface area contributed by atoms with Crippen LogP contribution in [-0.4, -0.2) is 34.4 Å². The minimum atomic E-state index is -0.717. The molecule has 0 aliphatic carbocycles. The third-order valence-corrected chi connectivity index (χ3v) is 3.40. The van der Waals surface area contributed by atoms with Gasteiger partial charge in [-0.05, 0) is 36.8 Å². The maximum absolute atomic E-state index is 10.7. The van der Waals surface area contributed by atoms with Crippen molar-refractivity contribution in [3.63, 3.8) is 0 Å². The molecule has 5 heteroatoms. The molecule has 2 heterocycles. The van der Waals surface area contributed by atoms with E-state index in [2.05, 4.69) is 28.9 Å². The average molecular weight is 263 g/mol. The number of carboxylic acids is 1. The second-order valence-corrected chi connectivity index (χ2v) is 5.68. The lowest BCUT2D eigenvalue weighted by atomic mass is 10.1. The lowest BCUT2D eigenvalue weighted by Crippen LogP contribution is -2.22. The number of carboxylic acid groups (broad SMARTS) is 1. The fraction of sp³-hybridized carbons (Fsp3) is 0.643. The maximum atomic E-state index is 10.7. The molecule has 1 fully saturated rings. The van der Waals surface area contributed by atoms with Crippen molar-refractivity contribution in [1.82, 2.24) is 10.2 Å². The van der Waals surface area contributed by atoms with Gasteiger partial charge < -0.3 is 10.0 Å². The first-order valence-electron chi connectivity index (χ1n) is 6.84. The molecule has 5 nitrogen and oxygen atoms in total. The van der Waals surface area contributed by atoms with Crippen molar-refractivity contribution in [2.24, 2.45) is 11.8 Å². The topological polar surface area (TPSA) is 66.3 Å². The predicted molar refractivity (Wildman–Crippen MR) is 73.1 cm³/mol. The van der Waals surface area contributed by atoms with Crippen LogP contribution in [0, 0.1) is 11.8 Å². The van der Waals surface area contributed by atoms with Crippen LogP contribution in [0.2, 0.25) is 0 Å². The number of hydrogen-bond acceptors (Lipinski definition) is 4. The molecular weight excluding hydrogens is 242 g/mol. The highest BCUT2D eigenvalue weighted by molar-refractivity contribution is 5.67. The zero-order valence-electron chi connectivity index (χ0n) is 11.5. The Labute approximate surface area is 113 Å². The van der Waals surface area contributed by atoms with Gasteiger partial charge in [-0.2, -0.15) is 5.10 Å². The number of aliphatic carboxylic acids is 1. The third-order valence-electron chi connectivity index (χ3n) is 3.40. The first-order chi connectivity index (χ1) is 9.04. The molecule has 0 spiro atoms. The minimum Gasteiger partial charge on any atom is -0.481 e. The van der Waals surface area contributed by atoms with Gasteiger partial charge in [0, 0.05) is 19.5 Å². The van der Waals surface area contributed by atoms with Gasteiger partial charge in [-0.15, -0.1) is 5.10 Å². The molecule has 19 heavy (non-hydrogen) atoms. The molecule has 1 atom stereocenters. The lowest BCUT2D eigenvalue weighted by Gasteiger charge is -2.16. The van der Waals surface area contributed by atoms with Gasteiger partial charge in [-0.1, -0.05) is 13.8 Å². The monoisotopic (exact) mass is 263 g/mol. The van der Waals surface area contributed by atoms with E-state index in [1.54, 1.807) is 0 Å². The Kier molecular flexibility index (Phi) is 4.35. The minimum absolute atomic E-state index is 0.231. The van der Waals surface area contributed by atoms with Crippen molar-refractivity contribution in [3.05, 3.63) is 17.8 Å². The van der Waals surface area contributed by atoms with Crippen LogP contribution in [-0.2, 0) is 11.2 Å². The highest BCUT2D eigenvalue weighted by Crippen LogP contribution is 2.24. The molecule has 0 radical (unpaired) electrons. The van der Waals surface area contributed by atoms with Crippen molar-refractivity contribution in [2.75, 3.05) is 18.0 Å². The van der Waals surface area contributed by atoms with E-state index in [0.29, 0.717) is 5.92 Å². The van der Waals surface area contributed by atoms with Gasteiger partial charge >= 0.3 is 5.97 Å². The molecule has 0 aromatic carbocycles. The number of carbonyl (C=O) groups is 1. The summed E-state index contributed by atoms with van der Waals surface area (Å²) in [7, 11) is 0. The maximum Gasteiger partial charge on any atom is 0.303 e. The first kappa shape index (κ1) is 13.8. The fourth-order valence-corrected chi connectivity index (χ4v) is 2.50. The van der Waals surface area contributed by atoms with E-state index < -0.39 is 5.97 Å². The van der Waals surface area contributed by atoms with Crippen LogP contribution in [0.25, 0.3) is 0 Å². The summed E-state index contributed by atoms with van der Waals surface area (Å²) < 4.78 is 0. The molecule has 1 aromatic rings. The van der Waals surface area contributed by atoms with Crippen molar-refractivity contribution >= 4 is 11.8 Å². The van der Waals surface area contributed by atoms with Gasteiger partial charge in [0.05, 0.1) is 5.69 Å². The van der Waals surface area contributed by atoms with Crippen molar-refractivity contribution < 1.29 is 9.90 Å². The summed E-state index contributed by atoms with van der Waals surface area (Å²) in [5, 5.41) is 17.3. The van der Waals surface area contributed by atoms with E-state index >= 15 is 0 Å². The molecule has 1 aliphatic rings.